The van der Waals surface area contributed by atoms with Gasteiger partial charge in [0.15, 0.2) is 0 Å². The van der Waals surface area contributed by atoms with Crippen molar-refractivity contribution in [1.29, 1.82) is 0 Å². The van der Waals surface area contributed by atoms with Gasteiger partial charge in [0, 0.05) is 64.2 Å². The second-order valence-electron chi connectivity index (χ2n) is 12.4. The highest BCUT2D eigenvalue weighted by Gasteiger charge is 2.33. The zero-order valence-corrected chi connectivity index (χ0v) is 25.9. The van der Waals surface area contributed by atoms with Crippen molar-refractivity contribution >= 4 is 28.6 Å². The van der Waals surface area contributed by atoms with Gasteiger partial charge in [0.25, 0.3) is 0 Å². The molecule has 218 valence electrons. The fraction of sp³-hybridized carbons (Fsp3) is 0.324. The van der Waals surface area contributed by atoms with E-state index in [0.717, 1.165) is 49.8 Å². The minimum absolute atomic E-state index is 0.0869. The molecule has 0 radical (unpaired) electrons. The fourth-order valence-electron chi connectivity index (χ4n) is 4.88. The van der Waals surface area contributed by atoms with Crippen molar-refractivity contribution in [1.82, 2.24) is 19.1 Å². The summed E-state index contributed by atoms with van der Waals surface area (Å²) in [7, 11) is 1.96. The largest absolute Gasteiger partial charge is 0.487 e. The average Bonchev–Trinajstić information content (AvgIpc) is 3.49. The van der Waals surface area contributed by atoms with E-state index in [4.69, 9.17) is 4.74 Å². The normalized spacial score (nSPS) is 12.1. The number of nitrogens with zero attached hydrogens (tertiary/aromatic N) is 4. The van der Waals surface area contributed by atoms with E-state index in [-0.39, 0.29) is 4.75 Å². The number of benzene rings is 2. The van der Waals surface area contributed by atoms with Crippen molar-refractivity contribution in [3.63, 3.8) is 0 Å². The third kappa shape index (κ3) is 6.71. The van der Waals surface area contributed by atoms with Crippen LogP contribution in [0.1, 0.15) is 51.6 Å². The lowest BCUT2D eigenvalue weighted by Crippen LogP contribution is -2.28. The number of aryl methyl sites for hydroxylation is 1. The molecule has 1 N–H and O–H groups in total. The molecule has 0 aliphatic heterocycles. The number of rotatable bonds is 10. The zero-order chi connectivity index (χ0) is 30.1. The Labute approximate surface area is 251 Å². The first-order valence-corrected chi connectivity index (χ1v) is 14.9. The Balaban J connectivity index is 1.59. The van der Waals surface area contributed by atoms with E-state index >= 15 is 0 Å². The lowest BCUT2D eigenvalue weighted by Gasteiger charge is -2.24. The molecule has 5 rings (SSSR count). The van der Waals surface area contributed by atoms with E-state index in [0.29, 0.717) is 19.6 Å². The molecule has 3 aromatic heterocycles. The summed E-state index contributed by atoms with van der Waals surface area (Å²) < 4.78 is 10.3. The molecular weight excluding hydrogens is 544 g/mol. The molecule has 5 aromatic rings. The van der Waals surface area contributed by atoms with Gasteiger partial charge in [-0.05, 0) is 49.7 Å². The van der Waals surface area contributed by atoms with Crippen LogP contribution in [0.3, 0.4) is 0 Å². The summed E-state index contributed by atoms with van der Waals surface area (Å²) in [6, 6.07) is 20.4. The summed E-state index contributed by atoms with van der Waals surface area (Å²) >= 11 is 1.77. The number of pyridine rings is 1. The zero-order valence-electron chi connectivity index (χ0n) is 25.1. The predicted octanol–water partition coefficient (Wildman–Crippen LogP) is 7.61. The third-order valence-electron chi connectivity index (χ3n) is 7.10. The minimum Gasteiger partial charge on any atom is -0.487 e. The number of thioether (sulfide) groups is 1. The topological polar surface area (TPSA) is 82.2 Å². The van der Waals surface area contributed by atoms with Gasteiger partial charge in [-0.25, -0.2) is 4.98 Å². The Morgan fingerprint density at radius 1 is 1.00 bits per heavy atom. The first kappa shape index (κ1) is 29.5. The van der Waals surface area contributed by atoms with Crippen LogP contribution in [0, 0.1) is 5.41 Å². The number of carbonyl (C=O) groups is 1. The number of carboxylic acids is 1. The Morgan fingerprint density at radius 2 is 1.76 bits per heavy atom. The molecule has 2 aromatic carbocycles. The molecule has 3 heterocycles. The van der Waals surface area contributed by atoms with Crippen LogP contribution in [0.4, 0.5) is 0 Å². The summed E-state index contributed by atoms with van der Waals surface area (Å²) in [5.74, 6) is -0.0602. The molecule has 0 saturated carbocycles. The maximum atomic E-state index is 12.3. The molecule has 0 bridgehead atoms. The van der Waals surface area contributed by atoms with Crippen molar-refractivity contribution in [2.75, 3.05) is 0 Å². The number of ether oxygens (including phenoxy) is 1. The maximum Gasteiger partial charge on any atom is 0.309 e. The van der Waals surface area contributed by atoms with Crippen molar-refractivity contribution < 1.29 is 14.6 Å². The molecular formula is C34H38N4O3S. The van der Waals surface area contributed by atoms with Crippen molar-refractivity contribution in [3.8, 4) is 17.0 Å². The number of hydrogen-bond donors (Lipinski definition) is 1. The smallest absolute Gasteiger partial charge is 0.309 e. The van der Waals surface area contributed by atoms with Crippen molar-refractivity contribution in [2.45, 2.75) is 63.8 Å². The summed E-state index contributed by atoms with van der Waals surface area (Å²) in [6.07, 6.45) is 5.96. The molecule has 0 atom stereocenters. The van der Waals surface area contributed by atoms with E-state index in [1.807, 2.05) is 42.1 Å². The molecule has 0 amide bonds. The Bertz CT molecular complexity index is 1700. The van der Waals surface area contributed by atoms with E-state index in [2.05, 4.69) is 71.7 Å². The van der Waals surface area contributed by atoms with Crippen LogP contribution in [0.5, 0.6) is 5.75 Å². The minimum atomic E-state index is -0.944. The SMILES string of the molecule is Cn1cnc(-c2ccc(Cn3c(CC(C)(C)C(=O)O)c(SC(C)(C)C)c4cc(OCc5ccccn5)ccc43)cc2)c1. The Morgan fingerprint density at radius 3 is 2.38 bits per heavy atom. The highest BCUT2D eigenvalue weighted by molar-refractivity contribution is 8.00. The number of aliphatic carboxylic acids is 1. The summed E-state index contributed by atoms with van der Waals surface area (Å²) in [4.78, 5) is 22.3. The van der Waals surface area contributed by atoms with Crippen LogP contribution in [0.15, 0.2) is 84.3 Å². The molecule has 0 aliphatic carbocycles. The number of carboxylic acid groups (broad SMARTS) is 1. The molecule has 0 unspecified atom stereocenters. The van der Waals surface area contributed by atoms with Crippen LogP contribution < -0.4 is 4.74 Å². The van der Waals surface area contributed by atoms with Gasteiger partial charge in [0.2, 0.25) is 0 Å². The van der Waals surface area contributed by atoms with Crippen LogP contribution in [0.2, 0.25) is 0 Å². The van der Waals surface area contributed by atoms with Gasteiger partial charge in [0.1, 0.15) is 12.4 Å². The third-order valence-corrected chi connectivity index (χ3v) is 8.37. The van der Waals surface area contributed by atoms with Gasteiger partial charge >= 0.3 is 5.97 Å². The van der Waals surface area contributed by atoms with Gasteiger partial charge in [-0.15, -0.1) is 11.8 Å². The van der Waals surface area contributed by atoms with Gasteiger partial charge < -0.3 is 19.0 Å². The van der Waals surface area contributed by atoms with Gasteiger partial charge in [0.05, 0.1) is 23.1 Å². The van der Waals surface area contributed by atoms with Crippen LogP contribution in [-0.2, 0) is 31.4 Å². The molecule has 7 nitrogen and oxygen atoms in total. The quantitative estimate of drug-likeness (QED) is 0.171. The van der Waals surface area contributed by atoms with Gasteiger partial charge in [-0.1, -0.05) is 51.1 Å². The summed E-state index contributed by atoms with van der Waals surface area (Å²) in [5.41, 5.74) is 5.11. The highest BCUT2D eigenvalue weighted by atomic mass is 32.2. The van der Waals surface area contributed by atoms with E-state index in [9.17, 15) is 9.90 Å². The molecule has 0 saturated heterocycles. The number of imidazole rings is 1. The molecule has 42 heavy (non-hydrogen) atoms. The molecule has 8 heteroatoms. The highest BCUT2D eigenvalue weighted by Crippen LogP contribution is 2.44. The van der Waals surface area contributed by atoms with Crippen LogP contribution in [0.25, 0.3) is 22.2 Å². The number of hydrogen-bond acceptors (Lipinski definition) is 5. The first-order chi connectivity index (χ1) is 19.9. The lowest BCUT2D eigenvalue weighted by atomic mass is 9.88. The monoisotopic (exact) mass is 582 g/mol. The predicted molar refractivity (Wildman–Crippen MR) is 169 cm³/mol. The Hall–Kier alpha value is -4.04. The number of aromatic nitrogens is 4. The second-order valence-corrected chi connectivity index (χ2v) is 14.2. The van der Waals surface area contributed by atoms with Crippen LogP contribution >= 0.6 is 11.8 Å². The van der Waals surface area contributed by atoms with Crippen molar-refractivity contribution in [3.05, 3.63) is 96.3 Å². The van der Waals surface area contributed by atoms with Gasteiger partial charge in [-0.3, -0.25) is 9.78 Å². The summed E-state index contributed by atoms with van der Waals surface area (Å²) in [5, 5.41) is 11.2. The van der Waals surface area contributed by atoms with Crippen molar-refractivity contribution in [2.24, 2.45) is 12.5 Å². The molecule has 0 fully saturated rings. The van der Waals surface area contributed by atoms with E-state index in [1.54, 1.807) is 38.1 Å². The van der Waals surface area contributed by atoms with E-state index in [1.165, 1.54) is 0 Å². The van der Waals surface area contributed by atoms with Crippen LogP contribution in [-0.4, -0.2) is 34.9 Å². The second kappa shape index (κ2) is 11.7. The maximum absolute atomic E-state index is 12.3. The average molecular weight is 583 g/mol. The van der Waals surface area contributed by atoms with Gasteiger partial charge in [-0.2, -0.15) is 0 Å². The fourth-order valence-corrected chi connectivity index (χ4v) is 6.07. The molecule has 0 spiro atoms. The standard InChI is InChI=1S/C34H38N4O3S/c1-33(2,3)42-31-27-17-26(41-21-25-9-7-8-16-35-25)14-15-29(27)38(30(31)18-34(4,5)32(39)40)19-23-10-12-24(13-11-23)28-20-37(6)22-36-28/h7-17,20,22H,18-19,21H2,1-6H3,(H,39,40). The lowest BCUT2D eigenvalue weighted by molar-refractivity contribution is -0.146. The van der Waals surface area contributed by atoms with E-state index < -0.39 is 11.4 Å². The summed E-state index contributed by atoms with van der Waals surface area (Å²) in [6.45, 7) is 11.1. The first-order valence-electron chi connectivity index (χ1n) is 14.1. The molecule has 0 aliphatic rings. The Kier molecular flexibility index (Phi) is 8.19. The number of fused-ring (bicyclic) bond motifs is 1.